The normalized spacial score (nSPS) is 9.94. The molecule has 0 bridgehead atoms. The maximum absolute atomic E-state index is 11.0. The number of carboxylic acids is 1. The van der Waals surface area contributed by atoms with E-state index in [-0.39, 0.29) is 18.1 Å². The lowest BCUT2D eigenvalue weighted by Gasteiger charge is -2.04. The molecule has 6 nitrogen and oxygen atoms in total. The molecule has 0 saturated heterocycles. The number of rotatable bonds is 6. The first-order valence-corrected chi connectivity index (χ1v) is 5.18. The largest absolute Gasteiger partial charge is 0.478 e. The van der Waals surface area contributed by atoms with Crippen molar-refractivity contribution in [2.45, 2.75) is 13.5 Å². The van der Waals surface area contributed by atoms with Crippen LogP contribution in [0.15, 0.2) is 18.3 Å². The van der Waals surface area contributed by atoms with Gasteiger partial charge in [-0.25, -0.2) is 4.79 Å². The van der Waals surface area contributed by atoms with Crippen LogP contribution in [0, 0.1) is 0 Å². The minimum Gasteiger partial charge on any atom is -0.478 e. The topological polar surface area (TPSA) is 88.5 Å². The Hall–Kier alpha value is -1.95. The smallest absolute Gasteiger partial charge is 0.337 e. The van der Waals surface area contributed by atoms with Gasteiger partial charge in [0, 0.05) is 12.7 Å². The Morgan fingerprint density at radius 2 is 2.24 bits per heavy atom. The molecule has 1 rings (SSSR count). The number of carbonyl (C=O) groups excluding carboxylic acids is 1. The third kappa shape index (κ3) is 4.60. The third-order valence-corrected chi connectivity index (χ3v) is 1.95. The second-order valence-electron chi connectivity index (χ2n) is 3.25. The van der Waals surface area contributed by atoms with Gasteiger partial charge in [0.1, 0.15) is 0 Å². The zero-order chi connectivity index (χ0) is 12.7. The molecule has 0 radical (unpaired) electrons. The number of aromatic nitrogens is 1. The highest BCUT2D eigenvalue weighted by Crippen LogP contribution is 1.99. The molecule has 0 spiro atoms. The molecule has 0 amide bonds. The van der Waals surface area contributed by atoms with E-state index in [0.29, 0.717) is 18.8 Å². The van der Waals surface area contributed by atoms with Crippen molar-refractivity contribution < 1.29 is 19.4 Å². The van der Waals surface area contributed by atoms with Crippen molar-refractivity contribution in [1.29, 1.82) is 0 Å². The fourth-order valence-electron chi connectivity index (χ4n) is 1.16. The molecular weight excluding hydrogens is 224 g/mol. The highest BCUT2D eigenvalue weighted by Gasteiger charge is 2.04. The van der Waals surface area contributed by atoms with Crippen LogP contribution in [0.3, 0.4) is 0 Å². The molecule has 0 aliphatic heterocycles. The third-order valence-electron chi connectivity index (χ3n) is 1.95. The molecule has 0 aliphatic rings. The molecule has 2 N–H and O–H groups in total. The number of esters is 1. The van der Waals surface area contributed by atoms with Crippen molar-refractivity contribution in [2.75, 3.05) is 13.2 Å². The summed E-state index contributed by atoms with van der Waals surface area (Å²) in [5.74, 6) is -1.34. The summed E-state index contributed by atoms with van der Waals surface area (Å²) in [6.07, 6.45) is 1.28. The van der Waals surface area contributed by atoms with Crippen molar-refractivity contribution in [3.63, 3.8) is 0 Å². The van der Waals surface area contributed by atoms with Gasteiger partial charge in [-0.3, -0.25) is 9.78 Å². The first-order chi connectivity index (χ1) is 8.13. The average Bonchev–Trinajstić information content (AvgIpc) is 2.30. The molecule has 0 aromatic carbocycles. The van der Waals surface area contributed by atoms with E-state index in [0.717, 1.165) is 0 Å². The molecule has 17 heavy (non-hydrogen) atoms. The van der Waals surface area contributed by atoms with Gasteiger partial charge in [0.2, 0.25) is 0 Å². The summed E-state index contributed by atoms with van der Waals surface area (Å²) in [6.45, 7) is 2.59. The lowest BCUT2D eigenvalue weighted by molar-refractivity contribution is -0.142. The Bertz CT molecular complexity index is 389. The van der Waals surface area contributed by atoms with Crippen molar-refractivity contribution in [3.05, 3.63) is 29.6 Å². The second-order valence-corrected chi connectivity index (χ2v) is 3.25. The summed E-state index contributed by atoms with van der Waals surface area (Å²) in [5, 5.41) is 11.5. The van der Waals surface area contributed by atoms with Crippen molar-refractivity contribution >= 4 is 11.9 Å². The first kappa shape index (κ1) is 13.1. The average molecular weight is 238 g/mol. The van der Waals surface area contributed by atoms with Crippen LogP contribution in [0.5, 0.6) is 0 Å². The fraction of sp³-hybridized carbons (Fsp3) is 0.364. The highest BCUT2D eigenvalue weighted by atomic mass is 16.5. The van der Waals surface area contributed by atoms with Crippen LogP contribution in [0.4, 0.5) is 0 Å². The number of hydrogen-bond donors (Lipinski definition) is 2. The zero-order valence-electron chi connectivity index (χ0n) is 9.47. The predicted molar refractivity (Wildman–Crippen MR) is 59.5 cm³/mol. The highest BCUT2D eigenvalue weighted by molar-refractivity contribution is 5.87. The molecule has 1 heterocycles. The fourth-order valence-corrected chi connectivity index (χ4v) is 1.16. The van der Waals surface area contributed by atoms with Gasteiger partial charge in [0.05, 0.1) is 24.4 Å². The van der Waals surface area contributed by atoms with Crippen LogP contribution in [-0.4, -0.2) is 35.2 Å². The van der Waals surface area contributed by atoms with E-state index in [2.05, 4.69) is 10.3 Å². The van der Waals surface area contributed by atoms with E-state index in [1.807, 2.05) is 0 Å². The number of carboxylic acid groups (broad SMARTS) is 1. The van der Waals surface area contributed by atoms with Gasteiger partial charge >= 0.3 is 11.9 Å². The van der Waals surface area contributed by atoms with Crippen molar-refractivity contribution in [3.8, 4) is 0 Å². The number of pyridine rings is 1. The Morgan fingerprint density at radius 1 is 1.47 bits per heavy atom. The van der Waals surface area contributed by atoms with Crippen LogP contribution in [-0.2, 0) is 16.1 Å². The molecule has 6 heteroatoms. The number of carbonyl (C=O) groups is 2. The van der Waals surface area contributed by atoms with Gasteiger partial charge in [0.15, 0.2) is 0 Å². The summed E-state index contributed by atoms with van der Waals surface area (Å²) in [7, 11) is 0. The van der Waals surface area contributed by atoms with Gasteiger partial charge in [-0.1, -0.05) is 0 Å². The number of aromatic carboxylic acids is 1. The molecule has 0 atom stereocenters. The Balaban J connectivity index is 2.37. The number of nitrogens with zero attached hydrogens (tertiary/aromatic N) is 1. The van der Waals surface area contributed by atoms with Crippen LogP contribution in [0.25, 0.3) is 0 Å². The summed E-state index contributed by atoms with van der Waals surface area (Å²) >= 11 is 0. The summed E-state index contributed by atoms with van der Waals surface area (Å²) < 4.78 is 4.73. The van der Waals surface area contributed by atoms with Crippen LogP contribution < -0.4 is 5.32 Å². The van der Waals surface area contributed by atoms with Crippen molar-refractivity contribution in [2.24, 2.45) is 0 Å². The van der Waals surface area contributed by atoms with Gasteiger partial charge in [-0.2, -0.15) is 0 Å². The maximum Gasteiger partial charge on any atom is 0.337 e. The Kier molecular flexibility index (Phi) is 5.09. The van der Waals surface area contributed by atoms with Crippen LogP contribution in [0.1, 0.15) is 23.0 Å². The quantitative estimate of drug-likeness (QED) is 0.699. The first-order valence-electron chi connectivity index (χ1n) is 5.18. The van der Waals surface area contributed by atoms with Crippen LogP contribution >= 0.6 is 0 Å². The van der Waals surface area contributed by atoms with Gasteiger partial charge in [0.25, 0.3) is 0 Å². The van der Waals surface area contributed by atoms with E-state index in [1.165, 1.54) is 12.3 Å². The van der Waals surface area contributed by atoms with E-state index < -0.39 is 5.97 Å². The van der Waals surface area contributed by atoms with E-state index in [1.54, 1.807) is 13.0 Å². The summed E-state index contributed by atoms with van der Waals surface area (Å²) in [6, 6.07) is 3.07. The zero-order valence-corrected chi connectivity index (χ0v) is 9.47. The molecular formula is C11H14N2O4. The van der Waals surface area contributed by atoms with Gasteiger partial charge < -0.3 is 15.2 Å². The van der Waals surface area contributed by atoms with Crippen molar-refractivity contribution in [1.82, 2.24) is 10.3 Å². The summed E-state index contributed by atoms with van der Waals surface area (Å²) in [4.78, 5) is 25.5. The number of hydrogen-bond acceptors (Lipinski definition) is 5. The molecule has 1 aromatic rings. The molecule has 0 fully saturated rings. The van der Waals surface area contributed by atoms with Crippen LogP contribution in [0.2, 0.25) is 0 Å². The molecule has 0 unspecified atom stereocenters. The van der Waals surface area contributed by atoms with Gasteiger partial charge in [-0.05, 0) is 19.1 Å². The Labute approximate surface area is 98.6 Å². The minimum absolute atomic E-state index is 0.107. The SMILES string of the molecule is CCOC(=O)CNCc1ccc(C(=O)O)cn1. The Morgan fingerprint density at radius 3 is 2.76 bits per heavy atom. The lowest BCUT2D eigenvalue weighted by Crippen LogP contribution is -2.24. The standard InChI is InChI=1S/C11H14N2O4/c1-2-17-10(14)7-12-6-9-4-3-8(5-13-9)11(15)16/h3-5,12H,2,6-7H2,1H3,(H,15,16). The second kappa shape index (κ2) is 6.59. The molecule has 92 valence electrons. The molecule has 1 aromatic heterocycles. The monoisotopic (exact) mass is 238 g/mol. The number of ether oxygens (including phenoxy) is 1. The number of nitrogens with one attached hydrogen (secondary N) is 1. The van der Waals surface area contributed by atoms with E-state index in [4.69, 9.17) is 9.84 Å². The molecule has 0 aliphatic carbocycles. The maximum atomic E-state index is 11.0. The minimum atomic E-state index is -1.01. The lowest BCUT2D eigenvalue weighted by atomic mass is 10.2. The van der Waals surface area contributed by atoms with E-state index in [9.17, 15) is 9.59 Å². The summed E-state index contributed by atoms with van der Waals surface area (Å²) in [5.41, 5.74) is 0.804. The molecule has 0 saturated carbocycles. The predicted octanol–water partition coefficient (Wildman–Crippen LogP) is 0.432. The van der Waals surface area contributed by atoms with E-state index >= 15 is 0 Å². The van der Waals surface area contributed by atoms with Gasteiger partial charge in [-0.15, -0.1) is 0 Å².